The number of rotatable bonds is 7. The minimum atomic E-state index is -0.111. The van der Waals surface area contributed by atoms with Crippen molar-refractivity contribution in [2.45, 2.75) is 38.6 Å². The van der Waals surface area contributed by atoms with Gasteiger partial charge < -0.3 is 10.2 Å². The molecule has 1 rings (SSSR count). The average molecular weight is 308 g/mol. The van der Waals surface area contributed by atoms with E-state index in [1.165, 1.54) is 17.3 Å². The van der Waals surface area contributed by atoms with E-state index < -0.39 is 0 Å². The van der Waals surface area contributed by atoms with Crippen LogP contribution in [0.1, 0.15) is 26.3 Å². The Morgan fingerprint density at radius 3 is 2.38 bits per heavy atom. The van der Waals surface area contributed by atoms with Crippen LogP contribution in [0.4, 0.5) is 0 Å². The highest BCUT2D eigenvalue weighted by Gasteiger charge is 2.16. The molecule has 2 amide bonds. The molecule has 0 fully saturated rings. The first-order valence-corrected chi connectivity index (χ1v) is 8.17. The molecule has 0 aliphatic rings. The average Bonchev–Trinajstić information content (AvgIpc) is 2.43. The Bertz CT molecular complexity index is 472. The first-order valence-electron chi connectivity index (χ1n) is 7.19. The highest BCUT2D eigenvalue weighted by molar-refractivity contribution is 8.00. The number of hydrogen-bond acceptors (Lipinski definition) is 3. The van der Waals surface area contributed by atoms with E-state index in [9.17, 15) is 9.59 Å². The van der Waals surface area contributed by atoms with Gasteiger partial charge in [0.1, 0.15) is 0 Å². The number of thioether (sulfide) groups is 1. The lowest BCUT2D eigenvalue weighted by Crippen LogP contribution is -2.43. The van der Waals surface area contributed by atoms with E-state index in [-0.39, 0.29) is 24.4 Å². The largest absolute Gasteiger partial charge is 0.352 e. The second-order valence-corrected chi connectivity index (χ2v) is 6.28. The zero-order valence-corrected chi connectivity index (χ0v) is 14.0. The lowest BCUT2D eigenvalue weighted by Gasteiger charge is -2.21. The zero-order chi connectivity index (χ0) is 15.8. The maximum absolute atomic E-state index is 12.2. The van der Waals surface area contributed by atoms with Gasteiger partial charge in [0.05, 0.1) is 12.3 Å². The number of carbonyl (C=O) groups is 2. The van der Waals surface area contributed by atoms with Crippen molar-refractivity contribution in [3.63, 3.8) is 0 Å². The normalized spacial score (nSPS) is 10.5. The van der Waals surface area contributed by atoms with Gasteiger partial charge in [-0.25, -0.2) is 0 Å². The van der Waals surface area contributed by atoms with Gasteiger partial charge in [0.2, 0.25) is 11.8 Å². The lowest BCUT2D eigenvalue weighted by molar-refractivity contribution is -0.134. The minimum Gasteiger partial charge on any atom is -0.352 e. The van der Waals surface area contributed by atoms with Crippen molar-refractivity contribution in [3.05, 3.63) is 29.8 Å². The zero-order valence-electron chi connectivity index (χ0n) is 13.2. The highest BCUT2D eigenvalue weighted by Crippen LogP contribution is 2.18. The quantitative estimate of drug-likeness (QED) is 0.787. The van der Waals surface area contributed by atoms with Crippen LogP contribution in [0, 0.1) is 6.92 Å². The molecule has 116 valence electrons. The Labute approximate surface area is 131 Å². The summed E-state index contributed by atoms with van der Waals surface area (Å²) in [5.41, 5.74) is 1.20. The third kappa shape index (κ3) is 6.67. The minimum absolute atomic E-state index is 0.0121. The van der Waals surface area contributed by atoms with E-state index in [1.807, 2.05) is 52.0 Å². The summed E-state index contributed by atoms with van der Waals surface area (Å²) in [7, 11) is 0. The van der Waals surface area contributed by atoms with Crippen LogP contribution in [-0.2, 0) is 9.59 Å². The van der Waals surface area contributed by atoms with Gasteiger partial charge >= 0.3 is 0 Å². The maximum Gasteiger partial charge on any atom is 0.239 e. The second kappa shape index (κ2) is 8.72. The van der Waals surface area contributed by atoms with Crippen LogP contribution >= 0.6 is 11.8 Å². The number of aryl methyl sites for hydroxylation is 1. The molecule has 0 heterocycles. The van der Waals surface area contributed by atoms with Crippen LogP contribution in [-0.4, -0.2) is 41.6 Å². The number of nitrogens with zero attached hydrogens (tertiary/aromatic N) is 1. The molecule has 0 bridgehead atoms. The molecule has 5 heteroatoms. The van der Waals surface area contributed by atoms with Crippen LogP contribution in [0.5, 0.6) is 0 Å². The first kappa shape index (κ1) is 17.6. The highest BCUT2D eigenvalue weighted by atomic mass is 32.2. The van der Waals surface area contributed by atoms with Gasteiger partial charge in [-0.15, -0.1) is 11.8 Å². The van der Waals surface area contributed by atoms with Gasteiger partial charge in [0.15, 0.2) is 0 Å². The molecule has 0 atom stereocenters. The van der Waals surface area contributed by atoms with Gasteiger partial charge in [-0.2, -0.15) is 0 Å². The number of benzene rings is 1. The Kier molecular flexibility index (Phi) is 7.29. The molecule has 0 spiro atoms. The number of carbonyl (C=O) groups excluding carboxylic acids is 2. The monoisotopic (exact) mass is 308 g/mol. The summed E-state index contributed by atoms with van der Waals surface area (Å²) in [5.74, 6) is 0.230. The second-order valence-electron chi connectivity index (χ2n) is 5.23. The molecule has 0 radical (unpaired) electrons. The molecule has 0 aliphatic carbocycles. The van der Waals surface area contributed by atoms with E-state index in [2.05, 4.69) is 5.32 Å². The van der Waals surface area contributed by atoms with Crippen molar-refractivity contribution in [3.8, 4) is 0 Å². The molecule has 1 aromatic rings. The summed E-state index contributed by atoms with van der Waals surface area (Å²) in [5, 5.41) is 2.80. The SMILES string of the molecule is CCN(CC(=O)NC(C)C)C(=O)CSc1ccc(C)cc1. The van der Waals surface area contributed by atoms with Gasteiger partial charge in [-0.3, -0.25) is 9.59 Å². The molecule has 0 saturated carbocycles. The van der Waals surface area contributed by atoms with Crippen LogP contribution in [0.25, 0.3) is 0 Å². The van der Waals surface area contributed by atoms with Crippen molar-refractivity contribution < 1.29 is 9.59 Å². The fourth-order valence-electron chi connectivity index (χ4n) is 1.79. The number of amides is 2. The fourth-order valence-corrected chi connectivity index (χ4v) is 2.59. The molecule has 0 unspecified atom stereocenters. The summed E-state index contributed by atoms with van der Waals surface area (Å²) in [6.07, 6.45) is 0. The number of hydrogen-bond donors (Lipinski definition) is 1. The summed E-state index contributed by atoms with van der Waals surface area (Å²) < 4.78 is 0. The Morgan fingerprint density at radius 2 is 1.86 bits per heavy atom. The summed E-state index contributed by atoms with van der Waals surface area (Å²) in [6.45, 7) is 8.40. The van der Waals surface area contributed by atoms with Crippen LogP contribution in [0.3, 0.4) is 0 Å². The van der Waals surface area contributed by atoms with Gasteiger partial charge in [-0.1, -0.05) is 17.7 Å². The van der Waals surface area contributed by atoms with E-state index in [0.717, 1.165) is 4.90 Å². The van der Waals surface area contributed by atoms with Crippen molar-refractivity contribution in [2.24, 2.45) is 0 Å². The molecular formula is C16H24N2O2S. The van der Waals surface area contributed by atoms with Gasteiger partial charge in [0, 0.05) is 17.5 Å². The molecular weight excluding hydrogens is 284 g/mol. The smallest absolute Gasteiger partial charge is 0.239 e. The third-order valence-corrected chi connectivity index (χ3v) is 3.90. The first-order chi connectivity index (χ1) is 9.92. The van der Waals surface area contributed by atoms with Crippen molar-refractivity contribution >= 4 is 23.6 Å². The van der Waals surface area contributed by atoms with Crippen molar-refractivity contribution in [1.29, 1.82) is 0 Å². The van der Waals surface area contributed by atoms with Crippen molar-refractivity contribution in [1.82, 2.24) is 10.2 Å². The summed E-state index contributed by atoms with van der Waals surface area (Å²) >= 11 is 1.50. The Hall–Kier alpha value is -1.49. The lowest BCUT2D eigenvalue weighted by atomic mass is 10.2. The van der Waals surface area contributed by atoms with E-state index >= 15 is 0 Å². The van der Waals surface area contributed by atoms with Crippen LogP contribution in [0.15, 0.2) is 29.2 Å². The van der Waals surface area contributed by atoms with Crippen LogP contribution in [0.2, 0.25) is 0 Å². The predicted octanol–water partition coefficient (Wildman–Crippen LogP) is 2.46. The molecule has 0 saturated heterocycles. The van der Waals surface area contributed by atoms with Gasteiger partial charge in [0.25, 0.3) is 0 Å². The van der Waals surface area contributed by atoms with E-state index in [0.29, 0.717) is 12.3 Å². The molecule has 21 heavy (non-hydrogen) atoms. The van der Waals surface area contributed by atoms with E-state index in [1.54, 1.807) is 4.90 Å². The molecule has 1 aromatic carbocycles. The number of nitrogens with one attached hydrogen (secondary N) is 1. The predicted molar refractivity (Wildman–Crippen MR) is 87.4 cm³/mol. The molecule has 0 aromatic heterocycles. The summed E-state index contributed by atoms with van der Waals surface area (Å²) in [4.78, 5) is 26.5. The summed E-state index contributed by atoms with van der Waals surface area (Å²) in [6, 6.07) is 8.17. The van der Waals surface area contributed by atoms with Crippen molar-refractivity contribution in [2.75, 3.05) is 18.8 Å². The van der Waals surface area contributed by atoms with E-state index in [4.69, 9.17) is 0 Å². The Morgan fingerprint density at radius 1 is 1.24 bits per heavy atom. The standard InChI is InChI=1S/C16H24N2O2S/c1-5-18(10-15(19)17-12(2)3)16(20)11-21-14-8-6-13(4)7-9-14/h6-9,12H,5,10-11H2,1-4H3,(H,17,19). The molecule has 1 N–H and O–H groups in total. The topological polar surface area (TPSA) is 49.4 Å². The van der Waals surface area contributed by atoms with Crippen LogP contribution < -0.4 is 5.32 Å². The molecule has 4 nitrogen and oxygen atoms in total. The fraction of sp³-hybridized carbons (Fsp3) is 0.500. The third-order valence-electron chi connectivity index (χ3n) is 2.90. The Balaban J connectivity index is 2.47. The number of likely N-dealkylation sites (N-methyl/N-ethyl adjacent to an activating group) is 1. The molecule has 0 aliphatic heterocycles. The van der Waals surface area contributed by atoms with Gasteiger partial charge in [-0.05, 0) is 39.8 Å². The maximum atomic E-state index is 12.2.